The predicted molar refractivity (Wildman–Crippen MR) is 73.6 cm³/mol. The average Bonchev–Trinajstić information content (AvgIpc) is 2.29. The molecule has 1 amide bonds. The summed E-state index contributed by atoms with van der Waals surface area (Å²) in [5, 5.41) is 12.1. The van der Waals surface area contributed by atoms with Crippen LogP contribution in [0.25, 0.3) is 0 Å². The Morgan fingerprint density at radius 2 is 1.89 bits per heavy atom. The van der Waals surface area contributed by atoms with E-state index in [1.807, 2.05) is 13.8 Å². The Balaban J connectivity index is 2.59. The van der Waals surface area contributed by atoms with E-state index in [4.69, 9.17) is 5.73 Å². The van der Waals surface area contributed by atoms with Gasteiger partial charge in [0.1, 0.15) is 5.54 Å². The maximum atomic E-state index is 11.9. The number of aliphatic carboxylic acids is 1. The Morgan fingerprint density at radius 1 is 1.37 bits per heavy atom. The quantitative estimate of drug-likeness (QED) is 0.708. The standard InChI is InChI=1S/C14H26N2O3/c1-10-4-8-14(9-5-10,12(18)19)16-11(17)6-7-13(2,3)15/h10H,4-9,15H2,1-3H3,(H,16,17)(H,18,19). The molecule has 0 bridgehead atoms. The summed E-state index contributed by atoms with van der Waals surface area (Å²) in [6.45, 7) is 5.83. The highest BCUT2D eigenvalue weighted by Gasteiger charge is 2.42. The van der Waals surface area contributed by atoms with E-state index in [2.05, 4.69) is 12.2 Å². The lowest BCUT2D eigenvalue weighted by Crippen LogP contribution is -2.56. The van der Waals surface area contributed by atoms with Crippen LogP contribution in [0.1, 0.15) is 59.3 Å². The number of carboxylic acids is 1. The molecule has 0 spiro atoms. The van der Waals surface area contributed by atoms with Crippen molar-refractivity contribution in [2.24, 2.45) is 11.7 Å². The fourth-order valence-electron chi connectivity index (χ4n) is 2.41. The van der Waals surface area contributed by atoms with E-state index in [0.29, 0.717) is 25.2 Å². The van der Waals surface area contributed by atoms with Crippen LogP contribution in [0.5, 0.6) is 0 Å². The first-order valence-electron chi connectivity index (χ1n) is 6.98. The maximum Gasteiger partial charge on any atom is 0.329 e. The molecule has 0 saturated heterocycles. The second-order valence-electron chi connectivity index (χ2n) is 6.61. The minimum Gasteiger partial charge on any atom is -0.480 e. The Hall–Kier alpha value is -1.10. The van der Waals surface area contributed by atoms with Crippen molar-refractivity contribution in [3.05, 3.63) is 0 Å². The van der Waals surface area contributed by atoms with E-state index < -0.39 is 17.0 Å². The SMILES string of the molecule is CC1CCC(NC(=O)CCC(C)(C)N)(C(=O)O)CC1. The number of amides is 1. The minimum atomic E-state index is -1.07. The molecule has 1 rings (SSSR count). The van der Waals surface area contributed by atoms with Gasteiger partial charge in [-0.2, -0.15) is 0 Å². The first-order chi connectivity index (χ1) is 8.65. The highest BCUT2D eigenvalue weighted by Crippen LogP contribution is 2.32. The molecule has 0 heterocycles. The van der Waals surface area contributed by atoms with Gasteiger partial charge in [-0.1, -0.05) is 6.92 Å². The van der Waals surface area contributed by atoms with Gasteiger partial charge in [0.2, 0.25) is 5.91 Å². The number of rotatable bonds is 5. The largest absolute Gasteiger partial charge is 0.480 e. The molecule has 1 aliphatic carbocycles. The number of hydrogen-bond acceptors (Lipinski definition) is 3. The van der Waals surface area contributed by atoms with Crippen LogP contribution < -0.4 is 11.1 Å². The molecule has 4 N–H and O–H groups in total. The van der Waals surface area contributed by atoms with E-state index >= 15 is 0 Å². The highest BCUT2D eigenvalue weighted by molar-refractivity contribution is 5.87. The van der Waals surface area contributed by atoms with Gasteiger partial charge in [0, 0.05) is 12.0 Å². The van der Waals surface area contributed by atoms with Gasteiger partial charge in [-0.25, -0.2) is 4.79 Å². The van der Waals surface area contributed by atoms with E-state index in [9.17, 15) is 14.7 Å². The Morgan fingerprint density at radius 3 is 2.32 bits per heavy atom. The third kappa shape index (κ3) is 4.82. The minimum absolute atomic E-state index is 0.213. The monoisotopic (exact) mass is 270 g/mol. The van der Waals surface area contributed by atoms with Crippen LogP contribution in [-0.2, 0) is 9.59 Å². The van der Waals surface area contributed by atoms with Crippen molar-refractivity contribution in [3.8, 4) is 0 Å². The van der Waals surface area contributed by atoms with Crippen LogP contribution in [-0.4, -0.2) is 28.1 Å². The van der Waals surface area contributed by atoms with Crippen molar-refractivity contribution in [2.45, 2.75) is 70.4 Å². The summed E-state index contributed by atoms with van der Waals surface area (Å²) in [7, 11) is 0. The molecule has 0 aromatic heterocycles. The van der Waals surface area contributed by atoms with Crippen LogP contribution >= 0.6 is 0 Å². The van der Waals surface area contributed by atoms with E-state index in [1.54, 1.807) is 0 Å². The number of carbonyl (C=O) groups excluding carboxylic acids is 1. The highest BCUT2D eigenvalue weighted by atomic mass is 16.4. The van der Waals surface area contributed by atoms with Crippen LogP contribution in [0.4, 0.5) is 0 Å². The third-order valence-electron chi connectivity index (χ3n) is 3.91. The van der Waals surface area contributed by atoms with Gasteiger partial charge in [0.05, 0.1) is 0 Å². The number of carboxylic acid groups (broad SMARTS) is 1. The van der Waals surface area contributed by atoms with Gasteiger partial charge in [0.15, 0.2) is 0 Å². The zero-order valence-corrected chi connectivity index (χ0v) is 12.2. The number of nitrogens with one attached hydrogen (secondary N) is 1. The Bertz CT molecular complexity index is 339. The van der Waals surface area contributed by atoms with Crippen LogP contribution in [0, 0.1) is 5.92 Å². The zero-order valence-electron chi connectivity index (χ0n) is 12.2. The van der Waals surface area contributed by atoms with Gasteiger partial charge in [0.25, 0.3) is 0 Å². The lowest BCUT2D eigenvalue weighted by Gasteiger charge is -2.36. The summed E-state index contributed by atoms with van der Waals surface area (Å²) >= 11 is 0. The first-order valence-corrected chi connectivity index (χ1v) is 6.98. The van der Waals surface area contributed by atoms with Crippen molar-refractivity contribution in [2.75, 3.05) is 0 Å². The molecular formula is C14H26N2O3. The summed E-state index contributed by atoms with van der Waals surface area (Å²) in [4.78, 5) is 23.4. The smallest absolute Gasteiger partial charge is 0.329 e. The van der Waals surface area contributed by atoms with Crippen LogP contribution in [0.3, 0.4) is 0 Å². The molecule has 0 aliphatic heterocycles. The molecule has 1 aliphatic rings. The lowest BCUT2D eigenvalue weighted by molar-refractivity contribution is -0.149. The summed E-state index contributed by atoms with van der Waals surface area (Å²) < 4.78 is 0. The van der Waals surface area contributed by atoms with Gasteiger partial charge < -0.3 is 16.2 Å². The summed E-state index contributed by atoms with van der Waals surface area (Å²) in [6.07, 6.45) is 3.53. The molecule has 0 aromatic rings. The normalized spacial score (nSPS) is 27.9. The maximum absolute atomic E-state index is 11.9. The molecule has 19 heavy (non-hydrogen) atoms. The third-order valence-corrected chi connectivity index (χ3v) is 3.91. The molecule has 0 aromatic carbocycles. The van der Waals surface area contributed by atoms with E-state index in [0.717, 1.165) is 12.8 Å². The van der Waals surface area contributed by atoms with Crippen molar-refractivity contribution in [3.63, 3.8) is 0 Å². The molecule has 0 unspecified atom stereocenters. The second kappa shape index (κ2) is 5.90. The molecule has 1 saturated carbocycles. The van der Waals surface area contributed by atoms with Gasteiger partial charge in [-0.15, -0.1) is 0 Å². The summed E-state index contributed by atoms with van der Waals surface area (Å²) in [5.74, 6) is -0.595. The molecule has 1 fully saturated rings. The van der Waals surface area contributed by atoms with Gasteiger partial charge in [-0.05, 0) is 51.9 Å². The lowest BCUT2D eigenvalue weighted by atomic mass is 9.77. The topological polar surface area (TPSA) is 92.4 Å². The number of carbonyl (C=O) groups is 2. The fraction of sp³-hybridized carbons (Fsp3) is 0.857. The molecule has 5 nitrogen and oxygen atoms in total. The summed E-state index contributed by atoms with van der Waals surface area (Å²) in [5.41, 5.74) is 4.36. The van der Waals surface area contributed by atoms with E-state index in [1.165, 1.54) is 0 Å². The van der Waals surface area contributed by atoms with Crippen molar-refractivity contribution >= 4 is 11.9 Å². The first kappa shape index (κ1) is 16.0. The van der Waals surface area contributed by atoms with Crippen molar-refractivity contribution in [1.29, 1.82) is 0 Å². The van der Waals surface area contributed by atoms with Crippen LogP contribution in [0.15, 0.2) is 0 Å². The summed E-state index contributed by atoms with van der Waals surface area (Å²) in [6, 6.07) is 0. The molecule has 0 atom stereocenters. The van der Waals surface area contributed by atoms with Gasteiger partial charge in [-0.3, -0.25) is 4.79 Å². The second-order valence-corrected chi connectivity index (χ2v) is 6.61. The van der Waals surface area contributed by atoms with Crippen molar-refractivity contribution < 1.29 is 14.7 Å². The molecule has 0 radical (unpaired) electrons. The molecular weight excluding hydrogens is 244 g/mol. The Labute approximate surface area is 114 Å². The molecule has 110 valence electrons. The van der Waals surface area contributed by atoms with Crippen LogP contribution in [0.2, 0.25) is 0 Å². The predicted octanol–water partition coefficient (Wildman–Crippen LogP) is 1.65. The zero-order chi connectivity index (χ0) is 14.7. The van der Waals surface area contributed by atoms with Crippen molar-refractivity contribution in [1.82, 2.24) is 5.32 Å². The van der Waals surface area contributed by atoms with E-state index in [-0.39, 0.29) is 12.3 Å². The Kier molecular flexibility index (Phi) is 4.96. The number of hydrogen-bond donors (Lipinski definition) is 3. The van der Waals surface area contributed by atoms with Gasteiger partial charge >= 0.3 is 5.97 Å². The molecule has 5 heteroatoms. The fourth-order valence-corrected chi connectivity index (χ4v) is 2.41. The number of nitrogens with two attached hydrogens (primary N) is 1. The average molecular weight is 270 g/mol.